The summed E-state index contributed by atoms with van der Waals surface area (Å²) in [6.07, 6.45) is 1.85. The molecule has 1 aliphatic heterocycles. The number of hydrogen-bond donors (Lipinski definition) is 4. The lowest BCUT2D eigenvalue weighted by molar-refractivity contribution is -0.153. The lowest BCUT2D eigenvalue weighted by atomic mass is 9.95. The minimum absolute atomic E-state index is 0.0239. The second kappa shape index (κ2) is 16.1. The van der Waals surface area contributed by atoms with Crippen LogP contribution in [-0.2, 0) is 38.7 Å². The highest BCUT2D eigenvalue weighted by Gasteiger charge is 2.32. The van der Waals surface area contributed by atoms with Gasteiger partial charge < -0.3 is 26.4 Å². The van der Waals surface area contributed by atoms with Crippen LogP contribution in [-0.4, -0.2) is 48.4 Å². The molecule has 10 heteroatoms. The van der Waals surface area contributed by atoms with Crippen molar-refractivity contribution in [2.45, 2.75) is 49.8 Å². The maximum Gasteiger partial charge on any atom is 0.309 e. The van der Waals surface area contributed by atoms with Gasteiger partial charge in [0.05, 0.1) is 5.92 Å². The number of likely N-dealkylation sites (tertiary alicyclic amines) is 1. The first-order valence-corrected chi connectivity index (χ1v) is 15.1. The molecule has 1 aliphatic rings. The van der Waals surface area contributed by atoms with Gasteiger partial charge >= 0.3 is 5.97 Å². The Morgan fingerprint density at radius 1 is 0.905 bits per heavy atom. The number of carbonyl (C=O) groups is 3. The molecule has 0 bridgehead atoms. The molecule has 4 rings (SSSR count). The van der Waals surface area contributed by atoms with E-state index in [0.717, 1.165) is 21.6 Å². The fourth-order valence-electron chi connectivity index (χ4n) is 4.83. The van der Waals surface area contributed by atoms with E-state index in [0.29, 0.717) is 44.6 Å². The fourth-order valence-corrected chi connectivity index (χ4v) is 5.63. The number of piperidine rings is 1. The van der Waals surface area contributed by atoms with E-state index in [1.807, 2.05) is 83.8 Å². The molecule has 1 heterocycles. The Balaban J connectivity index is 1.38. The normalized spacial score (nSPS) is 14.3. The molecule has 0 unspecified atom stereocenters. The van der Waals surface area contributed by atoms with Crippen molar-refractivity contribution in [3.8, 4) is 0 Å². The molecule has 0 saturated carbocycles. The molecule has 222 valence electrons. The van der Waals surface area contributed by atoms with E-state index < -0.39 is 6.04 Å². The Morgan fingerprint density at radius 3 is 2.36 bits per heavy atom. The van der Waals surface area contributed by atoms with Crippen molar-refractivity contribution in [3.05, 3.63) is 95.6 Å². The van der Waals surface area contributed by atoms with Crippen LogP contribution >= 0.6 is 11.9 Å². The molecule has 0 aliphatic carbocycles. The molecule has 1 atom stereocenters. The molecule has 42 heavy (non-hydrogen) atoms. The summed E-state index contributed by atoms with van der Waals surface area (Å²) in [4.78, 5) is 41.1. The number of nitrogens with zero attached hydrogens (tertiary/aromatic N) is 1. The highest BCUT2D eigenvalue weighted by atomic mass is 32.2. The van der Waals surface area contributed by atoms with Gasteiger partial charge in [0.2, 0.25) is 11.8 Å². The van der Waals surface area contributed by atoms with Crippen LogP contribution in [0.2, 0.25) is 0 Å². The van der Waals surface area contributed by atoms with E-state index in [-0.39, 0.29) is 43.3 Å². The third-order valence-electron chi connectivity index (χ3n) is 7.14. The van der Waals surface area contributed by atoms with Gasteiger partial charge in [0.25, 0.3) is 0 Å². The largest absolute Gasteiger partial charge is 0.461 e. The third-order valence-corrected chi connectivity index (χ3v) is 8.03. The second-order valence-electron chi connectivity index (χ2n) is 10.3. The summed E-state index contributed by atoms with van der Waals surface area (Å²) in [6, 6.07) is 24.5. The average Bonchev–Trinajstić information content (AvgIpc) is 3.02. The van der Waals surface area contributed by atoms with Gasteiger partial charge in [-0.15, -0.1) is 0 Å². The monoisotopic (exact) mass is 589 g/mol. The molecule has 9 nitrogen and oxygen atoms in total. The van der Waals surface area contributed by atoms with Crippen LogP contribution < -0.4 is 21.5 Å². The number of esters is 1. The van der Waals surface area contributed by atoms with Crippen LogP contribution in [0.25, 0.3) is 0 Å². The Bertz CT molecular complexity index is 1330. The van der Waals surface area contributed by atoms with Gasteiger partial charge in [0.1, 0.15) is 12.6 Å². The number of benzene rings is 3. The molecular weight excluding hydrogens is 550 g/mol. The minimum Gasteiger partial charge on any atom is -0.461 e. The van der Waals surface area contributed by atoms with E-state index in [2.05, 4.69) is 10.0 Å². The predicted molar refractivity (Wildman–Crippen MR) is 165 cm³/mol. The number of ether oxygens (including phenoxy) is 1. The Morgan fingerprint density at radius 2 is 1.62 bits per heavy atom. The zero-order chi connectivity index (χ0) is 29.7. The van der Waals surface area contributed by atoms with E-state index in [9.17, 15) is 14.4 Å². The van der Waals surface area contributed by atoms with Crippen molar-refractivity contribution in [1.29, 1.82) is 0 Å². The Labute approximate surface area is 251 Å². The molecule has 6 N–H and O–H groups in total. The van der Waals surface area contributed by atoms with Gasteiger partial charge in [-0.05, 0) is 66.1 Å². The Hall–Kier alpha value is -3.70. The number of nitrogens with two attached hydrogens (primary N) is 2. The summed E-state index contributed by atoms with van der Waals surface area (Å²) in [6.45, 7) is 1.92. The third kappa shape index (κ3) is 9.42. The summed E-state index contributed by atoms with van der Waals surface area (Å²) < 4.78 is 8.91. The van der Waals surface area contributed by atoms with Crippen LogP contribution in [0, 0.1) is 5.92 Å². The Kier molecular flexibility index (Phi) is 12.0. The zero-order valence-electron chi connectivity index (χ0n) is 23.7. The lowest BCUT2D eigenvalue weighted by Crippen LogP contribution is -2.49. The van der Waals surface area contributed by atoms with Crippen molar-refractivity contribution in [2.24, 2.45) is 17.4 Å². The minimum atomic E-state index is -0.514. The summed E-state index contributed by atoms with van der Waals surface area (Å²) in [5.74, 6) is -0.609. The second-order valence-corrected chi connectivity index (χ2v) is 11.2. The van der Waals surface area contributed by atoms with Crippen LogP contribution in [0.4, 0.5) is 5.69 Å². The van der Waals surface area contributed by atoms with Gasteiger partial charge in [-0.1, -0.05) is 60.7 Å². The summed E-state index contributed by atoms with van der Waals surface area (Å²) in [5.41, 5.74) is 15.0. The quantitative estimate of drug-likeness (QED) is 0.175. The number of amides is 2. The van der Waals surface area contributed by atoms with Crippen molar-refractivity contribution in [3.63, 3.8) is 0 Å². The van der Waals surface area contributed by atoms with Gasteiger partial charge in [-0.2, -0.15) is 0 Å². The fraction of sp³-hybridized carbons (Fsp3) is 0.344. The SMILES string of the molecule is NCCC(=O)Nc1cccc(SN[C@@H](Cc2cccc(CN)c2)C(=O)N2CCC(C(=O)OCc3ccccc3)CC2)c1. The van der Waals surface area contributed by atoms with Crippen molar-refractivity contribution >= 4 is 35.4 Å². The molecule has 3 aromatic rings. The maximum atomic E-state index is 13.8. The zero-order valence-corrected chi connectivity index (χ0v) is 24.5. The highest BCUT2D eigenvalue weighted by Crippen LogP contribution is 2.24. The number of nitrogens with one attached hydrogen (secondary N) is 2. The molecule has 0 spiro atoms. The first-order chi connectivity index (χ1) is 20.4. The number of hydrogen-bond acceptors (Lipinski definition) is 8. The average molecular weight is 590 g/mol. The van der Waals surface area contributed by atoms with E-state index >= 15 is 0 Å². The van der Waals surface area contributed by atoms with E-state index in [1.54, 1.807) is 0 Å². The summed E-state index contributed by atoms with van der Waals surface area (Å²) in [7, 11) is 0. The highest BCUT2D eigenvalue weighted by molar-refractivity contribution is 7.97. The first kappa shape index (κ1) is 31.2. The van der Waals surface area contributed by atoms with Gasteiger partial charge in [0, 0.05) is 43.2 Å². The molecule has 0 radical (unpaired) electrons. The van der Waals surface area contributed by atoms with Crippen molar-refractivity contribution in [2.75, 3.05) is 25.0 Å². The smallest absolute Gasteiger partial charge is 0.309 e. The first-order valence-electron chi connectivity index (χ1n) is 14.2. The molecule has 3 aromatic carbocycles. The van der Waals surface area contributed by atoms with Gasteiger partial charge in [-0.3, -0.25) is 14.4 Å². The van der Waals surface area contributed by atoms with Crippen LogP contribution in [0.1, 0.15) is 36.0 Å². The molecule has 1 saturated heterocycles. The van der Waals surface area contributed by atoms with Crippen molar-refractivity contribution in [1.82, 2.24) is 9.62 Å². The maximum absolute atomic E-state index is 13.8. The standard InChI is InChI=1S/C32H39N5O4S/c33-15-12-30(38)35-27-10-5-11-28(20-27)42-36-29(19-24-8-4-9-25(18-24)21-34)31(39)37-16-13-26(14-17-37)32(40)41-22-23-6-2-1-3-7-23/h1-11,18,20,26,29,36H,12-17,19,21-22,33-34H2,(H,35,38)/t29-/m0/s1. The van der Waals surface area contributed by atoms with Crippen molar-refractivity contribution < 1.29 is 19.1 Å². The summed E-state index contributed by atoms with van der Waals surface area (Å²) >= 11 is 1.34. The molecule has 2 amide bonds. The number of carbonyl (C=O) groups excluding carboxylic acids is 3. The molecule has 0 aromatic heterocycles. The summed E-state index contributed by atoms with van der Waals surface area (Å²) in [5, 5.41) is 2.84. The van der Waals surface area contributed by atoms with E-state index in [1.165, 1.54) is 11.9 Å². The number of anilines is 1. The number of rotatable bonds is 13. The predicted octanol–water partition coefficient (Wildman–Crippen LogP) is 3.62. The van der Waals surface area contributed by atoms with Gasteiger partial charge in [0.15, 0.2) is 0 Å². The van der Waals surface area contributed by atoms with Crippen LogP contribution in [0.5, 0.6) is 0 Å². The van der Waals surface area contributed by atoms with Crippen LogP contribution in [0.3, 0.4) is 0 Å². The lowest BCUT2D eigenvalue weighted by Gasteiger charge is -2.33. The van der Waals surface area contributed by atoms with Crippen LogP contribution in [0.15, 0.2) is 83.8 Å². The molecular formula is C32H39N5O4S. The van der Waals surface area contributed by atoms with Gasteiger partial charge in [-0.25, -0.2) is 4.72 Å². The van der Waals surface area contributed by atoms with E-state index in [4.69, 9.17) is 16.2 Å². The topological polar surface area (TPSA) is 140 Å². The molecule has 1 fully saturated rings.